The van der Waals surface area contributed by atoms with Gasteiger partial charge in [0.25, 0.3) is 0 Å². The molecule has 0 spiro atoms. The lowest BCUT2D eigenvalue weighted by atomic mass is 9.98. The number of rotatable bonds is 6. The van der Waals surface area contributed by atoms with E-state index < -0.39 is 22.7 Å². The number of carbonyl (C=O) groups is 2. The summed E-state index contributed by atoms with van der Waals surface area (Å²) in [6, 6.07) is 10.5. The number of fused-ring (bicyclic) bond motifs is 2. The first kappa shape index (κ1) is 18.8. The molecule has 1 aliphatic rings. The van der Waals surface area contributed by atoms with Crippen LogP contribution >= 0.6 is 0 Å². The molecule has 3 rings (SSSR count). The molecule has 0 amide bonds. The molecule has 0 saturated carbocycles. The molecule has 1 aliphatic heterocycles. The van der Waals surface area contributed by atoms with E-state index in [1.54, 1.807) is 18.2 Å². The minimum atomic E-state index is -1.61. The number of carbonyl (C=O) groups excluding carboxylic acids is 2. The first-order chi connectivity index (χ1) is 13.1. The third-order valence-corrected chi connectivity index (χ3v) is 5.70. The summed E-state index contributed by atoms with van der Waals surface area (Å²) in [5.41, 5.74) is 1.65. The second-order valence-corrected chi connectivity index (χ2v) is 7.19. The Kier molecular flexibility index (Phi) is 5.66. The second kappa shape index (κ2) is 8.14. The van der Waals surface area contributed by atoms with Gasteiger partial charge in [-0.05, 0) is 29.7 Å². The zero-order valence-electron chi connectivity index (χ0n) is 14.6. The summed E-state index contributed by atoms with van der Waals surface area (Å²) >= 11 is 0. The van der Waals surface area contributed by atoms with Crippen LogP contribution in [0.25, 0.3) is 0 Å². The van der Waals surface area contributed by atoms with E-state index in [0.717, 1.165) is 11.1 Å². The molecule has 0 fully saturated rings. The molecule has 0 N–H and O–H groups in total. The Balaban J connectivity index is 2.16. The van der Waals surface area contributed by atoms with Crippen molar-refractivity contribution in [3.63, 3.8) is 0 Å². The fourth-order valence-corrected chi connectivity index (χ4v) is 4.47. The van der Waals surface area contributed by atoms with Gasteiger partial charge in [0.05, 0.1) is 26.8 Å². The van der Waals surface area contributed by atoms with Crippen LogP contribution in [-0.2, 0) is 26.7 Å². The zero-order chi connectivity index (χ0) is 19.4. The van der Waals surface area contributed by atoms with Gasteiger partial charge in [0.15, 0.2) is 0 Å². The van der Waals surface area contributed by atoms with Gasteiger partial charge in [-0.2, -0.15) is 0 Å². The summed E-state index contributed by atoms with van der Waals surface area (Å²) in [4.78, 5) is 26.1. The minimum Gasteiger partial charge on any atom is -0.458 e. The van der Waals surface area contributed by atoms with E-state index in [9.17, 15) is 13.8 Å². The summed E-state index contributed by atoms with van der Waals surface area (Å²) in [7, 11) is -1.61. The number of ether oxygens (including phenoxy) is 2. The molecule has 0 radical (unpaired) electrons. The van der Waals surface area contributed by atoms with Crippen molar-refractivity contribution in [2.45, 2.75) is 16.2 Å². The number of hydrogen-bond donors (Lipinski definition) is 0. The Morgan fingerprint density at radius 3 is 2.33 bits per heavy atom. The summed E-state index contributed by atoms with van der Waals surface area (Å²) < 4.78 is 23.5. The van der Waals surface area contributed by atoms with Crippen LogP contribution in [0.1, 0.15) is 31.8 Å². The summed E-state index contributed by atoms with van der Waals surface area (Å²) in [6.07, 6.45) is 3.37. The molecule has 0 bridgehead atoms. The van der Waals surface area contributed by atoms with Crippen molar-refractivity contribution >= 4 is 22.7 Å². The highest BCUT2D eigenvalue weighted by molar-refractivity contribution is 7.85. The van der Waals surface area contributed by atoms with Gasteiger partial charge < -0.3 is 9.47 Å². The monoisotopic (exact) mass is 382 g/mol. The van der Waals surface area contributed by atoms with Gasteiger partial charge in [-0.25, -0.2) is 13.8 Å². The summed E-state index contributed by atoms with van der Waals surface area (Å²) in [5.74, 6) is -1.43. The largest absolute Gasteiger partial charge is 0.458 e. The van der Waals surface area contributed by atoms with Crippen molar-refractivity contribution in [1.82, 2.24) is 0 Å². The normalized spacial score (nSPS) is 14.4. The highest BCUT2D eigenvalue weighted by Crippen LogP contribution is 2.35. The number of benzene rings is 2. The van der Waals surface area contributed by atoms with Crippen LogP contribution in [-0.4, -0.2) is 29.4 Å². The lowest BCUT2D eigenvalue weighted by molar-refractivity contribution is 0.0499. The predicted molar refractivity (Wildman–Crippen MR) is 101 cm³/mol. The van der Waals surface area contributed by atoms with Crippen molar-refractivity contribution in [3.8, 4) is 0 Å². The van der Waals surface area contributed by atoms with Gasteiger partial charge in [0, 0.05) is 4.90 Å². The van der Waals surface area contributed by atoms with Gasteiger partial charge in [-0.3, -0.25) is 0 Å². The van der Waals surface area contributed by atoms with Crippen LogP contribution in [0.4, 0.5) is 0 Å². The Hall–Kier alpha value is -2.99. The molecular formula is C21H18O5S. The molecule has 27 heavy (non-hydrogen) atoms. The van der Waals surface area contributed by atoms with Gasteiger partial charge in [0.1, 0.15) is 13.2 Å². The molecule has 0 aromatic heterocycles. The van der Waals surface area contributed by atoms with Gasteiger partial charge in [-0.15, -0.1) is 0 Å². The van der Waals surface area contributed by atoms with E-state index in [1.807, 2.05) is 12.1 Å². The average molecular weight is 382 g/mol. The number of hydrogen-bond acceptors (Lipinski definition) is 5. The Labute approximate surface area is 159 Å². The van der Waals surface area contributed by atoms with Crippen molar-refractivity contribution in [2.24, 2.45) is 0 Å². The van der Waals surface area contributed by atoms with Crippen LogP contribution in [0.5, 0.6) is 0 Å². The van der Waals surface area contributed by atoms with Crippen molar-refractivity contribution in [3.05, 3.63) is 84.0 Å². The fourth-order valence-electron chi connectivity index (χ4n) is 2.91. The van der Waals surface area contributed by atoms with Crippen molar-refractivity contribution < 1.29 is 23.3 Å². The van der Waals surface area contributed by atoms with E-state index in [1.165, 1.54) is 18.2 Å². The molecule has 0 saturated heterocycles. The Morgan fingerprint density at radius 2 is 1.63 bits per heavy atom. The highest BCUT2D eigenvalue weighted by Gasteiger charge is 2.32. The van der Waals surface area contributed by atoms with Gasteiger partial charge >= 0.3 is 11.9 Å². The summed E-state index contributed by atoms with van der Waals surface area (Å²) in [6.45, 7) is 7.00. The Bertz CT molecular complexity index is 961. The van der Waals surface area contributed by atoms with Crippen LogP contribution < -0.4 is 0 Å². The maximum atomic E-state index is 13.2. The third-order valence-electron chi connectivity index (χ3n) is 4.07. The molecule has 1 heterocycles. The first-order valence-corrected chi connectivity index (χ1v) is 9.45. The van der Waals surface area contributed by atoms with Crippen LogP contribution in [0.15, 0.2) is 71.5 Å². The molecule has 2 aromatic rings. The van der Waals surface area contributed by atoms with E-state index in [0.29, 0.717) is 16.2 Å². The maximum absolute atomic E-state index is 13.2. The second-order valence-electron chi connectivity index (χ2n) is 5.80. The van der Waals surface area contributed by atoms with Crippen LogP contribution in [0, 0.1) is 0 Å². The Morgan fingerprint density at radius 1 is 0.963 bits per heavy atom. The quantitative estimate of drug-likeness (QED) is 0.482. The lowest BCUT2D eigenvalue weighted by Crippen LogP contribution is -2.21. The average Bonchev–Trinajstić information content (AvgIpc) is 2.69. The SMILES string of the molecule is C=CCOC(=O)c1ccc2c(c1C(=O)OCC=C)S(=O)c1ccccc1C2. The minimum absolute atomic E-state index is 0.00296. The van der Waals surface area contributed by atoms with Crippen molar-refractivity contribution in [1.29, 1.82) is 0 Å². The van der Waals surface area contributed by atoms with Crippen LogP contribution in [0.3, 0.4) is 0 Å². The molecule has 5 nitrogen and oxygen atoms in total. The molecule has 138 valence electrons. The maximum Gasteiger partial charge on any atom is 0.340 e. The smallest absolute Gasteiger partial charge is 0.340 e. The zero-order valence-corrected chi connectivity index (χ0v) is 15.4. The molecule has 2 aromatic carbocycles. The lowest BCUT2D eigenvalue weighted by Gasteiger charge is -2.22. The number of esters is 2. The van der Waals surface area contributed by atoms with E-state index >= 15 is 0 Å². The van der Waals surface area contributed by atoms with Crippen LogP contribution in [0.2, 0.25) is 0 Å². The highest BCUT2D eigenvalue weighted by atomic mass is 32.2. The molecular weight excluding hydrogens is 364 g/mol. The fraction of sp³-hybridized carbons (Fsp3) is 0.143. The van der Waals surface area contributed by atoms with E-state index in [-0.39, 0.29) is 24.3 Å². The summed E-state index contributed by atoms with van der Waals surface area (Å²) in [5, 5.41) is 0. The molecule has 0 aliphatic carbocycles. The van der Waals surface area contributed by atoms with Crippen molar-refractivity contribution in [2.75, 3.05) is 13.2 Å². The molecule has 6 heteroatoms. The van der Waals surface area contributed by atoms with E-state index in [2.05, 4.69) is 13.2 Å². The molecule has 1 unspecified atom stereocenters. The first-order valence-electron chi connectivity index (χ1n) is 8.30. The van der Waals surface area contributed by atoms with E-state index in [4.69, 9.17) is 9.47 Å². The standard InChI is InChI=1S/C21H18O5S/c1-3-11-25-20(22)16-10-9-15-13-14-7-5-6-8-17(14)27(24)19(15)18(16)21(23)26-12-4-2/h3-10H,1-2,11-13H2. The molecule has 1 atom stereocenters. The van der Waals surface area contributed by atoms with Gasteiger partial charge in [-0.1, -0.05) is 49.6 Å². The predicted octanol–water partition coefficient (Wildman–Crippen LogP) is 3.44. The third kappa shape index (κ3) is 3.61. The van der Waals surface area contributed by atoms with Gasteiger partial charge in [0.2, 0.25) is 0 Å². The topological polar surface area (TPSA) is 69.7 Å².